The van der Waals surface area contributed by atoms with Crippen molar-refractivity contribution in [2.24, 2.45) is 0 Å². The molecule has 1 heterocycles. The molecule has 0 amide bonds. The summed E-state index contributed by atoms with van der Waals surface area (Å²) in [6.07, 6.45) is 3.09. The molecule has 1 aromatic heterocycles. The molecule has 1 aliphatic carbocycles. The van der Waals surface area contributed by atoms with E-state index in [4.69, 9.17) is 16.3 Å². The number of carbonyl (C=O) groups excluding carboxylic acids is 1. The van der Waals surface area contributed by atoms with Crippen LogP contribution < -0.4 is 0 Å². The van der Waals surface area contributed by atoms with E-state index in [-0.39, 0.29) is 11.3 Å². The minimum atomic E-state index is -0.554. The van der Waals surface area contributed by atoms with Gasteiger partial charge in [0.05, 0.1) is 12.8 Å². The van der Waals surface area contributed by atoms with Gasteiger partial charge in [0.25, 0.3) is 0 Å². The normalized spacial score (nSPS) is 17.6. The van der Waals surface area contributed by atoms with Crippen LogP contribution in [0.4, 0.5) is 0 Å². The maximum atomic E-state index is 11.5. The van der Waals surface area contributed by atoms with E-state index >= 15 is 0 Å². The Morgan fingerprint density at radius 2 is 2.36 bits per heavy atom. The van der Waals surface area contributed by atoms with Crippen molar-refractivity contribution < 1.29 is 9.53 Å². The molecule has 0 aromatic carbocycles. The van der Waals surface area contributed by atoms with Gasteiger partial charge in [0.15, 0.2) is 0 Å². The third-order valence-electron chi connectivity index (χ3n) is 2.44. The molecule has 0 aliphatic heterocycles. The summed E-state index contributed by atoms with van der Waals surface area (Å²) in [4.78, 5) is 19.3. The average molecular weight is 213 g/mol. The molecule has 5 heteroatoms. The highest BCUT2D eigenvalue weighted by Gasteiger charge is 2.54. The molecule has 0 atom stereocenters. The first kappa shape index (κ1) is 9.40. The quantitative estimate of drug-likeness (QED) is 0.548. The van der Waals surface area contributed by atoms with Crippen molar-refractivity contribution in [3.05, 3.63) is 23.2 Å². The molecule has 1 fully saturated rings. The van der Waals surface area contributed by atoms with Crippen LogP contribution in [0.5, 0.6) is 0 Å². The number of hydrogen-bond acceptors (Lipinski definition) is 4. The van der Waals surface area contributed by atoms with E-state index in [1.54, 1.807) is 12.3 Å². The van der Waals surface area contributed by atoms with Crippen LogP contribution in [0.3, 0.4) is 0 Å². The Balaban J connectivity index is 2.35. The van der Waals surface area contributed by atoms with Crippen molar-refractivity contribution in [2.75, 3.05) is 7.11 Å². The molecule has 0 spiro atoms. The van der Waals surface area contributed by atoms with Crippen molar-refractivity contribution in [1.29, 1.82) is 0 Å². The van der Waals surface area contributed by atoms with E-state index in [0.717, 1.165) is 12.8 Å². The predicted octanol–water partition coefficient (Wildman–Crippen LogP) is 1.33. The Morgan fingerprint density at radius 1 is 1.64 bits per heavy atom. The van der Waals surface area contributed by atoms with Gasteiger partial charge in [-0.2, -0.15) is 0 Å². The molecule has 0 radical (unpaired) electrons. The van der Waals surface area contributed by atoms with Gasteiger partial charge in [-0.25, -0.2) is 9.97 Å². The molecule has 1 saturated carbocycles. The fourth-order valence-corrected chi connectivity index (χ4v) is 1.63. The van der Waals surface area contributed by atoms with Crippen molar-refractivity contribution in [3.8, 4) is 0 Å². The molecular weight excluding hydrogens is 204 g/mol. The molecule has 74 valence electrons. The summed E-state index contributed by atoms with van der Waals surface area (Å²) >= 11 is 5.65. The number of nitrogens with zero attached hydrogens (tertiary/aromatic N) is 2. The van der Waals surface area contributed by atoms with Crippen LogP contribution in [0.25, 0.3) is 0 Å². The van der Waals surface area contributed by atoms with E-state index in [2.05, 4.69) is 9.97 Å². The van der Waals surface area contributed by atoms with Crippen LogP contribution >= 0.6 is 11.6 Å². The van der Waals surface area contributed by atoms with Crippen LogP contribution in [0.1, 0.15) is 18.5 Å². The van der Waals surface area contributed by atoms with Gasteiger partial charge < -0.3 is 4.74 Å². The number of aromatic nitrogens is 2. The molecule has 0 saturated heterocycles. The standard InChI is InChI=1S/C9H9ClN2O2/c1-14-7(13)9(3-4-9)6-2-5-11-8(10)12-6/h2,5H,3-4H2,1H3. The number of esters is 1. The summed E-state index contributed by atoms with van der Waals surface area (Å²) in [7, 11) is 1.38. The summed E-state index contributed by atoms with van der Waals surface area (Å²) in [6, 6.07) is 1.70. The Labute approximate surface area is 86.3 Å². The third kappa shape index (κ3) is 1.35. The molecule has 0 unspecified atom stereocenters. The number of methoxy groups -OCH3 is 1. The first-order chi connectivity index (χ1) is 6.69. The summed E-state index contributed by atoms with van der Waals surface area (Å²) < 4.78 is 4.73. The maximum absolute atomic E-state index is 11.5. The minimum Gasteiger partial charge on any atom is -0.468 e. The molecule has 0 bridgehead atoms. The number of ether oxygens (including phenoxy) is 1. The number of halogens is 1. The Morgan fingerprint density at radius 3 is 2.86 bits per heavy atom. The highest BCUT2D eigenvalue weighted by Crippen LogP contribution is 2.48. The van der Waals surface area contributed by atoms with Gasteiger partial charge in [-0.3, -0.25) is 4.79 Å². The molecule has 1 aliphatic rings. The highest BCUT2D eigenvalue weighted by atomic mass is 35.5. The van der Waals surface area contributed by atoms with Crippen molar-refractivity contribution >= 4 is 17.6 Å². The van der Waals surface area contributed by atoms with Gasteiger partial charge in [0.2, 0.25) is 5.28 Å². The lowest BCUT2D eigenvalue weighted by Gasteiger charge is -2.10. The summed E-state index contributed by atoms with van der Waals surface area (Å²) in [5.41, 5.74) is 0.103. The van der Waals surface area contributed by atoms with E-state index in [9.17, 15) is 4.79 Å². The zero-order valence-corrected chi connectivity index (χ0v) is 8.41. The topological polar surface area (TPSA) is 52.1 Å². The third-order valence-corrected chi connectivity index (χ3v) is 2.62. The zero-order valence-electron chi connectivity index (χ0n) is 7.66. The highest BCUT2D eigenvalue weighted by molar-refractivity contribution is 6.28. The summed E-state index contributed by atoms with van der Waals surface area (Å²) in [5, 5.41) is 0.165. The monoisotopic (exact) mass is 212 g/mol. The summed E-state index contributed by atoms with van der Waals surface area (Å²) in [5.74, 6) is -0.243. The van der Waals surface area contributed by atoms with Crippen molar-refractivity contribution in [2.45, 2.75) is 18.3 Å². The lowest BCUT2D eigenvalue weighted by atomic mass is 10.0. The van der Waals surface area contributed by atoms with Crippen LogP contribution in [-0.2, 0) is 14.9 Å². The van der Waals surface area contributed by atoms with E-state index in [1.807, 2.05) is 0 Å². The molecule has 14 heavy (non-hydrogen) atoms. The number of rotatable bonds is 2. The van der Waals surface area contributed by atoms with Gasteiger partial charge in [-0.15, -0.1) is 0 Å². The van der Waals surface area contributed by atoms with Crippen LogP contribution in [0.2, 0.25) is 5.28 Å². The van der Waals surface area contributed by atoms with Gasteiger partial charge in [-0.05, 0) is 30.5 Å². The lowest BCUT2D eigenvalue weighted by molar-refractivity contribution is -0.143. The van der Waals surface area contributed by atoms with Gasteiger partial charge in [0, 0.05) is 6.20 Å². The minimum absolute atomic E-state index is 0.165. The second kappa shape index (κ2) is 3.20. The molecular formula is C9H9ClN2O2. The maximum Gasteiger partial charge on any atom is 0.317 e. The lowest BCUT2D eigenvalue weighted by Crippen LogP contribution is -2.23. The second-order valence-electron chi connectivity index (χ2n) is 3.28. The van der Waals surface area contributed by atoms with E-state index < -0.39 is 5.41 Å². The first-order valence-electron chi connectivity index (χ1n) is 4.26. The van der Waals surface area contributed by atoms with Crippen molar-refractivity contribution in [3.63, 3.8) is 0 Å². The largest absolute Gasteiger partial charge is 0.468 e. The summed E-state index contributed by atoms with van der Waals surface area (Å²) in [6.45, 7) is 0. The van der Waals surface area contributed by atoms with E-state index in [1.165, 1.54) is 7.11 Å². The second-order valence-corrected chi connectivity index (χ2v) is 3.62. The molecule has 2 rings (SSSR count). The van der Waals surface area contributed by atoms with Crippen LogP contribution in [0.15, 0.2) is 12.3 Å². The Bertz CT molecular complexity index is 377. The zero-order chi connectivity index (χ0) is 10.2. The average Bonchev–Trinajstić information content (AvgIpc) is 2.97. The molecule has 4 nitrogen and oxygen atoms in total. The fraction of sp³-hybridized carbons (Fsp3) is 0.444. The number of hydrogen-bond donors (Lipinski definition) is 0. The van der Waals surface area contributed by atoms with Gasteiger partial charge in [0.1, 0.15) is 5.41 Å². The molecule has 1 aromatic rings. The van der Waals surface area contributed by atoms with Crippen molar-refractivity contribution in [1.82, 2.24) is 9.97 Å². The Kier molecular flexibility index (Phi) is 2.15. The first-order valence-corrected chi connectivity index (χ1v) is 4.64. The molecule has 0 N–H and O–H groups in total. The van der Waals surface area contributed by atoms with E-state index in [0.29, 0.717) is 5.69 Å². The van der Waals surface area contributed by atoms with Gasteiger partial charge >= 0.3 is 5.97 Å². The van der Waals surface area contributed by atoms with Gasteiger partial charge in [-0.1, -0.05) is 0 Å². The number of carbonyl (C=O) groups is 1. The fourth-order valence-electron chi connectivity index (χ4n) is 1.49. The predicted molar refractivity (Wildman–Crippen MR) is 50.0 cm³/mol. The van der Waals surface area contributed by atoms with Crippen LogP contribution in [-0.4, -0.2) is 23.0 Å². The Hall–Kier alpha value is -1.16. The smallest absolute Gasteiger partial charge is 0.317 e. The van der Waals surface area contributed by atoms with Crippen LogP contribution in [0, 0.1) is 0 Å². The SMILES string of the molecule is COC(=O)C1(c2ccnc(Cl)n2)CC1.